The lowest BCUT2D eigenvalue weighted by molar-refractivity contribution is 0.440. The molecule has 144 valence electrons. The van der Waals surface area contributed by atoms with Crippen molar-refractivity contribution in [2.45, 2.75) is 21.3 Å². The van der Waals surface area contributed by atoms with Crippen LogP contribution in [0.1, 0.15) is 22.3 Å². The number of benzene rings is 2. The van der Waals surface area contributed by atoms with Crippen LogP contribution >= 0.6 is 63.7 Å². The van der Waals surface area contributed by atoms with E-state index in [9.17, 15) is 17.4 Å². The summed E-state index contributed by atoms with van der Waals surface area (Å²) in [5.41, 5.74) is 3.81. The molecule has 10 heteroatoms. The smallest absolute Gasteiger partial charge is 0.488 e. The topological polar surface area (TPSA) is 63.6 Å². The van der Waals surface area contributed by atoms with Crippen LogP contribution in [0.25, 0.3) is 0 Å². The van der Waals surface area contributed by atoms with Crippen molar-refractivity contribution in [3.63, 3.8) is 0 Å². The quantitative estimate of drug-likeness (QED) is 0.299. The van der Waals surface area contributed by atoms with Gasteiger partial charge in [0, 0.05) is 21.3 Å². The van der Waals surface area contributed by atoms with Crippen LogP contribution in [-0.2, 0) is 31.8 Å². The Morgan fingerprint density at radius 1 is 0.769 bits per heavy atom. The lowest BCUT2D eigenvalue weighted by Gasteiger charge is -2.05. The zero-order valence-electron chi connectivity index (χ0n) is 13.3. The van der Waals surface area contributed by atoms with E-state index in [1.165, 1.54) is 12.1 Å². The maximum Gasteiger partial charge on any atom is 0.488 e. The molecule has 26 heavy (non-hydrogen) atoms. The van der Waals surface area contributed by atoms with Gasteiger partial charge in [-0.2, -0.15) is 8.42 Å². The van der Waals surface area contributed by atoms with Gasteiger partial charge < -0.3 is 9.29 Å². The fourth-order valence-electron chi connectivity index (χ4n) is 1.94. The summed E-state index contributed by atoms with van der Waals surface area (Å²) in [4.78, 5) is 0. The molecule has 0 aliphatic rings. The van der Waals surface area contributed by atoms with Crippen molar-refractivity contribution in [1.29, 1.82) is 0 Å². The molecule has 0 fully saturated rings. The zero-order valence-corrected chi connectivity index (χ0v) is 20.4. The molecule has 0 radical (unpaired) electrons. The maximum absolute atomic E-state index is 12.3. The highest BCUT2D eigenvalue weighted by atomic mass is 79.9. The van der Waals surface area contributed by atoms with E-state index in [2.05, 4.69) is 67.9 Å². The van der Waals surface area contributed by atoms with Crippen molar-refractivity contribution in [1.82, 2.24) is 0 Å². The molecule has 0 saturated carbocycles. The minimum absolute atomic E-state index is 0.0242. The Hall–Kier alpha value is -0.160. The molecule has 0 bridgehead atoms. The van der Waals surface area contributed by atoms with Gasteiger partial charge in [-0.05, 0) is 46.5 Å². The molecule has 0 heterocycles. The first-order chi connectivity index (χ1) is 12.2. The molecular formula is C16H15Br4FO4S. The van der Waals surface area contributed by atoms with Crippen molar-refractivity contribution in [2.75, 3.05) is 0 Å². The number of hydrogen-bond donors (Lipinski definition) is 1. The molecule has 0 amide bonds. The molecule has 0 unspecified atom stereocenters. The fourth-order valence-corrected chi connectivity index (χ4v) is 3.56. The molecule has 0 atom stereocenters. The highest BCUT2D eigenvalue weighted by Gasteiger charge is 2.11. The van der Waals surface area contributed by atoms with E-state index in [1.54, 1.807) is 12.1 Å². The third-order valence-electron chi connectivity index (χ3n) is 2.88. The Kier molecular flexibility index (Phi) is 10.7. The number of phenolic OH excluding ortho intramolecular Hbond substituents is 1. The van der Waals surface area contributed by atoms with Gasteiger partial charge >= 0.3 is 10.5 Å². The third-order valence-corrected chi connectivity index (χ3v) is 5.86. The van der Waals surface area contributed by atoms with Crippen molar-refractivity contribution in [3.05, 3.63) is 58.7 Å². The summed E-state index contributed by atoms with van der Waals surface area (Å²) in [6.07, 6.45) is 0. The summed E-state index contributed by atoms with van der Waals surface area (Å²) in [6, 6.07) is 10.3. The standard InChI is InChI=1S/C8H7Br2FO3S.C8H8Br2O/c9-4-6-1-7(5-10)3-8(2-6)14-15(11,12)13;9-4-6-1-7(5-10)3-8(11)2-6/h1-3H,4-5H2;1-3,11H,4-5H2. The fraction of sp³-hybridized carbons (Fsp3) is 0.250. The van der Waals surface area contributed by atoms with Crippen LogP contribution in [0.4, 0.5) is 3.89 Å². The van der Waals surface area contributed by atoms with Crippen LogP contribution in [0.2, 0.25) is 0 Å². The normalized spacial score (nSPS) is 10.8. The lowest BCUT2D eigenvalue weighted by atomic mass is 10.1. The van der Waals surface area contributed by atoms with E-state index >= 15 is 0 Å². The van der Waals surface area contributed by atoms with E-state index in [1.807, 2.05) is 12.1 Å². The predicted octanol–water partition coefficient (Wildman–Crippen LogP) is 6.25. The summed E-state index contributed by atoms with van der Waals surface area (Å²) < 4.78 is 37.0. The predicted molar refractivity (Wildman–Crippen MR) is 116 cm³/mol. The van der Waals surface area contributed by atoms with Crippen LogP contribution in [0, 0.1) is 0 Å². The first-order valence-electron chi connectivity index (χ1n) is 7.03. The van der Waals surface area contributed by atoms with Crippen molar-refractivity contribution in [2.24, 2.45) is 0 Å². The van der Waals surface area contributed by atoms with Gasteiger partial charge in [0.05, 0.1) is 0 Å². The molecule has 0 spiro atoms. The van der Waals surface area contributed by atoms with Gasteiger partial charge in [-0.25, -0.2) is 0 Å². The first-order valence-corrected chi connectivity index (χ1v) is 12.8. The van der Waals surface area contributed by atoms with E-state index in [4.69, 9.17) is 0 Å². The van der Waals surface area contributed by atoms with Gasteiger partial charge in [0.15, 0.2) is 0 Å². The second-order valence-corrected chi connectivity index (χ2v) is 8.20. The number of aromatic hydroxyl groups is 1. The van der Waals surface area contributed by atoms with Crippen LogP contribution < -0.4 is 4.18 Å². The molecule has 0 aliphatic carbocycles. The SMILES string of the molecule is O=S(=O)(F)Oc1cc(CBr)cc(CBr)c1.Oc1cc(CBr)cc(CBr)c1. The molecule has 2 rings (SSSR count). The van der Waals surface area contributed by atoms with Crippen LogP contribution in [0.5, 0.6) is 11.5 Å². The Morgan fingerprint density at radius 2 is 1.12 bits per heavy atom. The average molecular weight is 642 g/mol. The molecule has 0 saturated heterocycles. The van der Waals surface area contributed by atoms with Gasteiger partial charge in [-0.1, -0.05) is 79.7 Å². The Bertz CT molecular complexity index is 786. The molecule has 0 aromatic heterocycles. The highest BCUT2D eigenvalue weighted by Crippen LogP contribution is 2.22. The summed E-state index contributed by atoms with van der Waals surface area (Å²) >= 11 is 13.1. The molecule has 1 N–H and O–H groups in total. The summed E-state index contributed by atoms with van der Waals surface area (Å²) in [5, 5.41) is 11.8. The highest BCUT2D eigenvalue weighted by molar-refractivity contribution is 9.09. The Morgan fingerprint density at radius 3 is 1.42 bits per heavy atom. The molecule has 2 aromatic rings. The molecule has 4 nitrogen and oxygen atoms in total. The minimum Gasteiger partial charge on any atom is -0.508 e. The molecule has 2 aromatic carbocycles. The second-order valence-electron chi connectivity index (χ2n) is 5.00. The minimum atomic E-state index is -4.96. The maximum atomic E-state index is 12.3. The van der Waals surface area contributed by atoms with Crippen molar-refractivity contribution >= 4 is 74.2 Å². The number of alkyl halides is 4. The Balaban J connectivity index is 0.000000273. The summed E-state index contributed by atoms with van der Waals surface area (Å²) in [6.45, 7) is 0. The van der Waals surface area contributed by atoms with Crippen LogP contribution in [0.15, 0.2) is 36.4 Å². The zero-order chi connectivity index (χ0) is 19.7. The average Bonchev–Trinajstić information content (AvgIpc) is 2.59. The monoisotopic (exact) mass is 638 g/mol. The van der Waals surface area contributed by atoms with E-state index in [0.717, 1.165) is 32.9 Å². The molecule has 0 aliphatic heterocycles. The number of hydrogen-bond acceptors (Lipinski definition) is 4. The van der Waals surface area contributed by atoms with Crippen molar-refractivity contribution in [3.8, 4) is 11.5 Å². The van der Waals surface area contributed by atoms with Gasteiger partial charge in [-0.15, -0.1) is 0 Å². The molecular weight excluding hydrogens is 627 g/mol. The number of phenols is 1. The third kappa shape index (κ3) is 9.16. The van der Waals surface area contributed by atoms with Crippen LogP contribution in [-0.4, -0.2) is 13.5 Å². The number of rotatable bonds is 6. The van der Waals surface area contributed by atoms with Crippen LogP contribution in [0.3, 0.4) is 0 Å². The Labute approximate surface area is 186 Å². The number of halogens is 5. The summed E-state index contributed by atoms with van der Waals surface area (Å²) in [7, 11) is -4.96. The van der Waals surface area contributed by atoms with Crippen molar-refractivity contribution < 1.29 is 21.6 Å². The van der Waals surface area contributed by atoms with Gasteiger partial charge in [-0.3, -0.25) is 0 Å². The van der Waals surface area contributed by atoms with Gasteiger partial charge in [0.2, 0.25) is 0 Å². The van der Waals surface area contributed by atoms with E-state index < -0.39 is 10.5 Å². The lowest BCUT2D eigenvalue weighted by Crippen LogP contribution is -2.02. The largest absolute Gasteiger partial charge is 0.508 e. The van der Waals surface area contributed by atoms with Gasteiger partial charge in [0.1, 0.15) is 11.5 Å². The summed E-state index contributed by atoms with van der Waals surface area (Å²) in [5.74, 6) is 0.306. The van der Waals surface area contributed by atoms with Gasteiger partial charge in [0.25, 0.3) is 0 Å². The van der Waals surface area contributed by atoms with E-state index in [0.29, 0.717) is 16.4 Å². The second kappa shape index (κ2) is 11.6. The first kappa shape index (κ1) is 23.9. The van der Waals surface area contributed by atoms with E-state index in [-0.39, 0.29) is 5.75 Å².